The molecular weight excluding hydrogens is 444 g/mol. The van der Waals surface area contributed by atoms with Gasteiger partial charge in [-0.1, -0.05) is 78.4 Å². The lowest BCUT2D eigenvalue weighted by Crippen LogP contribution is -2.06. The van der Waals surface area contributed by atoms with Crippen LogP contribution in [0.5, 0.6) is 0 Å². The van der Waals surface area contributed by atoms with Gasteiger partial charge in [0.1, 0.15) is 5.69 Å². The molecule has 1 heterocycles. The van der Waals surface area contributed by atoms with E-state index in [1.807, 2.05) is 53.2 Å². The van der Waals surface area contributed by atoms with Crippen molar-refractivity contribution in [2.24, 2.45) is 0 Å². The van der Waals surface area contributed by atoms with Crippen molar-refractivity contribution in [3.8, 4) is 22.4 Å². The number of rotatable bonds is 9. The molecule has 4 aromatic rings. The first kappa shape index (κ1) is 23.7. The number of hydrogen-bond acceptors (Lipinski definition) is 4. The van der Waals surface area contributed by atoms with E-state index in [2.05, 4.69) is 37.8 Å². The van der Waals surface area contributed by atoms with Gasteiger partial charge < -0.3 is 4.74 Å². The van der Waals surface area contributed by atoms with E-state index in [9.17, 15) is 8.42 Å². The van der Waals surface area contributed by atoms with E-state index >= 15 is 0 Å². The summed E-state index contributed by atoms with van der Waals surface area (Å²) in [6, 6.07) is 25.2. The second-order valence-corrected chi connectivity index (χ2v) is 10.3. The Morgan fingerprint density at radius 3 is 2.18 bits per heavy atom. The molecule has 6 heteroatoms. The molecule has 3 aromatic carbocycles. The second-order valence-electron chi connectivity index (χ2n) is 8.28. The Kier molecular flexibility index (Phi) is 7.10. The predicted molar refractivity (Wildman–Crippen MR) is 136 cm³/mol. The van der Waals surface area contributed by atoms with Gasteiger partial charge in [0.25, 0.3) is 0 Å². The van der Waals surface area contributed by atoms with Gasteiger partial charge in [-0.25, -0.2) is 8.42 Å². The van der Waals surface area contributed by atoms with E-state index in [1.165, 1.54) is 11.8 Å². The molecule has 0 radical (unpaired) electrons. The Morgan fingerprint density at radius 2 is 1.56 bits per heavy atom. The van der Waals surface area contributed by atoms with Crippen molar-refractivity contribution in [1.29, 1.82) is 0 Å². The van der Waals surface area contributed by atoms with Gasteiger partial charge in [0.15, 0.2) is 9.84 Å². The van der Waals surface area contributed by atoms with E-state index in [0.717, 1.165) is 33.6 Å². The van der Waals surface area contributed by atoms with Crippen LogP contribution in [0.15, 0.2) is 96.4 Å². The Labute approximate surface area is 201 Å². The van der Waals surface area contributed by atoms with Crippen molar-refractivity contribution < 1.29 is 13.2 Å². The van der Waals surface area contributed by atoms with Gasteiger partial charge in [0.05, 0.1) is 30.3 Å². The fraction of sp³-hybridized carbons (Fsp3) is 0.179. The quantitative estimate of drug-likeness (QED) is 0.288. The van der Waals surface area contributed by atoms with E-state index in [4.69, 9.17) is 9.84 Å². The minimum absolute atomic E-state index is 0.282. The first-order valence-corrected chi connectivity index (χ1v) is 13.0. The van der Waals surface area contributed by atoms with Gasteiger partial charge in [-0.3, -0.25) is 4.68 Å². The van der Waals surface area contributed by atoms with Crippen molar-refractivity contribution in [2.45, 2.75) is 31.6 Å². The van der Waals surface area contributed by atoms with Gasteiger partial charge in [0.2, 0.25) is 0 Å². The number of benzene rings is 3. The number of aryl methyl sites for hydroxylation is 1. The number of hydrogen-bond donors (Lipinski definition) is 0. The molecular formula is C28H28N2O3S. The summed E-state index contributed by atoms with van der Waals surface area (Å²) < 4.78 is 31.9. The summed E-state index contributed by atoms with van der Waals surface area (Å²) in [7, 11) is -3.28. The molecule has 0 aliphatic rings. The third-order valence-electron chi connectivity index (χ3n) is 5.61. The van der Waals surface area contributed by atoms with Crippen LogP contribution in [0.3, 0.4) is 0 Å². The summed E-state index contributed by atoms with van der Waals surface area (Å²) in [5, 5.41) is 4.90. The number of ether oxygens (including phenoxy) is 1. The molecule has 0 saturated carbocycles. The third kappa shape index (κ3) is 5.35. The van der Waals surface area contributed by atoms with Crippen molar-refractivity contribution >= 4 is 9.84 Å². The van der Waals surface area contributed by atoms with Crippen molar-refractivity contribution in [3.05, 3.63) is 108 Å². The minimum Gasteiger partial charge on any atom is -0.370 e. The topological polar surface area (TPSA) is 61.2 Å². The molecule has 0 unspecified atom stereocenters. The molecule has 0 aliphatic carbocycles. The lowest BCUT2D eigenvalue weighted by molar-refractivity contribution is 0.102. The van der Waals surface area contributed by atoms with E-state index < -0.39 is 9.84 Å². The highest BCUT2D eigenvalue weighted by Gasteiger charge is 2.21. The number of nitrogens with zero attached hydrogens (tertiary/aromatic N) is 2. The van der Waals surface area contributed by atoms with Crippen LogP contribution in [-0.4, -0.2) is 24.5 Å². The van der Waals surface area contributed by atoms with Crippen LogP contribution >= 0.6 is 0 Å². The predicted octanol–water partition coefficient (Wildman–Crippen LogP) is 5.83. The average Bonchev–Trinajstić information content (AvgIpc) is 3.18. The fourth-order valence-corrected chi connectivity index (χ4v) is 4.47. The molecule has 0 fully saturated rings. The lowest BCUT2D eigenvalue weighted by Gasteiger charge is -2.11. The van der Waals surface area contributed by atoms with Crippen LogP contribution in [0.1, 0.15) is 16.8 Å². The molecule has 5 nitrogen and oxygen atoms in total. The fourth-order valence-electron chi connectivity index (χ4n) is 3.84. The Bertz CT molecular complexity index is 1370. The maximum Gasteiger partial charge on any atom is 0.175 e. The van der Waals surface area contributed by atoms with Gasteiger partial charge >= 0.3 is 0 Å². The smallest absolute Gasteiger partial charge is 0.175 e. The van der Waals surface area contributed by atoms with E-state index in [-0.39, 0.29) is 4.90 Å². The van der Waals surface area contributed by atoms with Crippen molar-refractivity contribution in [1.82, 2.24) is 9.78 Å². The van der Waals surface area contributed by atoms with Crippen LogP contribution in [0.2, 0.25) is 0 Å². The van der Waals surface area contributed by atoms with Crippen molar-refractivity contribution in [3.63, 3.8) is 0 Å². The molecule has 0 atom stereocenters. The highest BCUT2D eigenvalue weighted by molar-refractivity contribution is 7.90. The molecule has 0 N–H and O–H groups in total. The summed E-state index contributed by atoms with van der Waals surface area (Å²) in [6.07, 6.45) is 3.02. The highest BCUT2D eigenvalue weighted by atomic mass is 32.2. The van der Waals surface area contributed by atoms with E-state index in [1.54, 1.807) is 12.1 Å². The largest absolute Gasteiger partial charge is 0.370 e. The van der Waals surface area contributed by atoms with Crippen LogP contribution in [-0.2, 0) is 34.3 Å². The standard InChI is InChI=1S/C28H28N2O3S/c1-4-18-30-26(20-33-19-22-8-6-5-7-9-22)27(23-12-10-21(2)11-13-23)28(29-30)24-14-16-25(17-15-24)34(3,31)32/h4-17H,1,18-20H2,2-3H3. The molecule has 0 aliphatic heterocycles. The van der Waals surface area contributed by atoms with E-state index in [0.29, 0.717) is 19.8 Å². The van der Waals surface area contributed by atoms with Gasteiger partial charge in [0, 0.05) is 17.4 Å². The summed E-state index contributed by atoms with van der Waals surface area (Å²) in [6.45, 7) is 7.35. The highest BCUT2D eigenvalue weighted by Crippen LogP contribution is 2.36. The molecule has 4 rings (SSSR count). The molecule has 174 valence electrons. The number of aromatic nitrogens is 2. The summed E-state index contributed by atoms with van der Waals surface area (Å²) in [4.78, 5) is 0.282. The minimum atomic E-state index is -3.28. The first-order valence-electron chi connectivity index (χ1n) is 11.1. The maximum absolute atomic E-state index is 11.9. The average molecular weight is 473 g/mol. The Morgan fingerprint density at radius 1 is 0.912 bits per heavy atom. The first-order chi connectivity index (χ1) is 16.4. The van der Waals surface area contributed by atoms with Crippen LogP contribution in [0.25, 0.3) is 22.4 Å². The normalized spacial score (nSPS) is 11.5. The SMILES string of the molecule is C=CCn1nc(-c2ccc(S(C)(=O)=O)cc2)c(-c2ccc(C)cc2)c1COCc1ccccc1. The third-order valence-corrected chi connectivity index (χ3v) is 6.73. The van der Waals surface area contributed by atoms with Crippen molar-refractivity contribution in [2.75, 3.05) is 6.26 Å². The zero-order valence-corrected chi connectivity index (χ0v) is 20.3. The summed E-state index contributed by atoms with van der Waals surface area (Å²) >= 11 is 0. The molecule has 0 spiro atoms. The molecule has 0 saturated heterocycles. The molecule has 0 bridgehead atoms. The summed E-state index contributed by atoms with van der Waals surface area (Å²) in [5.74, 6) is 0. The lowest BCUT2D eigenvalue weighted by atomic mass is 9.98. The summed E-state index contributed by atoms with van der Waals surface area (Å²) in [5.41, 5.74) is 6.85. The molecule has 0 amide bonds. The Balaban J connectivity index is 1.79. The number of allylic oxidation sites excluding steroid dienone is 1. The molecule has 34 heavy (non-hydrogen) atoms. The maximum atomic E-state index is 11.9. The monoisotopic (exact) mass is 472 g/mol. The van der Waals surface area contributed by atoms with Crippen LogP contribution < -0.4 is 0 Å². The Hall–Kier alpha value is -3.48. The number of sulfone groups is 1. The molecule has 1 aromatic heterocycles. The zero-order valence-electron chi connectivity index (χ0n) is 19.4. The van der Waals surface area contributed by atoms with Gasteiger partial charge in [-0.2, -0.15) is 5.10 Å². The zero-order chi connectivity index (χ0) is 24.1. The van der Waals surface area contributed by atoms with Gasteiger partial charge in [-0.15, -0.1) is 6.58 Å². The van der Waals surface area contributed by atoms with Crippen LogP contribution in [0.4, 0.5) is 0 Å². The van der Waals surface area contributed by atoms with Crippen LogP contribution in [0, 0.1) is 6.92 Å². The van der Waals surface area contributed by atoms with Gasteiger partial charge in [-0.05, 0) is 30.2 Å². The second kappa shape index (κ2) is 10.2.